The second kappa shape index (κ2) is 4.11. The number of likely N-dealkylation sites (N-methyl/N-ethyl adjacent to an activating group) is 1. The van der Waals surface area contributed by atoms with E-state index in [1.54, 1.807) is 0 Å². The maximum atomic E-state index is 5.45. The fourth-order valence-electron chi connectivity index (χ4n) is 1.93. The second-order valence-corrected chi connectivity index (χ2v) is 3.88. The first kappa shape index (κ1) is 9.69. The molecule has 1 fully saturated rings. The minimum absolute atomic E-state index is 0.345. The third kappa shape index (κ3) is 1.81. The van der Waals surface area contributed by atoms with Crippen LogP contribution in [0.2, 0.25) is 0 Å². The highest BCUT2D eigenvalue weighted by atomic mass is 16.5. The van der Waals surface area contributed by atoms with Gasteiger partial charge < -0.3 is 10.1 Å². The van der Waals surface area contributed by atoms with Gasteiger partial charge in [0.15, 0.2) is 0 Å². The molecule has 1 heterocycles. The lowest BCUT2D eigenvalue weighted by Gasteiger charge is -2.27. The topological polar surface area (TPSA) is 23.3 Å². The minimum atomic E-state index is 0.345. The normalized spacial score (nSPS) is 26.7. The van der Waals surface area contributed by atoms with Gasteiger partial charge in [0.2, 0.25) is 0 Å². The van der Waals surface area contributed by atoms with E-state index in [1.165, 1.54) is 11.1 Å². The van der Waals surface area contributed by atoms with Crippen LogP contribution in [0.3, 0.4) is 0 Å². The lowest BCUT2D eigenvalue weighted by atomic mass is 9.94. The Labute approximate surface area is 85.3 Å². The zero-order chi connectivity index (χ0) is 9.97. The molecule has 1 aliphatic heterocycles. The van der Waals surface area contributed by atoms with Crippen LogP contribution < -0.4 is 0 Å². The Hall–Kier alpha value is -0.860. The highest BCUT2D eigenvalue weighted by Crippen LogP contribution is 2.29. The summed E-state index contributed by atoms with van der Waals surface area (Å²) in [6.45, 7) is 3.69. The molecular formula is C12H16NO-. The van der Waals surface area contributed by atoms with Gasteiger partial charge >= 0.3 is 0 Å². The van der Waals surface area contributed by atoms with Gasteiger partial charge in [0, 0.05) is 6.61 Å². The minimum Gasteiger partial charge on any atom is -0.660 e. The molecule has 2 rings (SSSR count). The van der Waals surface area contributed by atoms with Gasteiger partial charge in [0.05, 0.1) is 6.61 Å². The molecule has 0 bridgehead atoms. The maximum Gasteiger partial charge on any atom is 0.0520 e. The average molecular weight is 190 g/mol. The molecule has 0 amide bonds. The van der Waals surface area contributed by atoms with E-state index in [2.05, 4.69) is 36.5 Å². The smallest absolute Gasteiger partial charge is 0.0520 e. The standard InChI is InChI=1S/C12H16NO/c1-9-3-5-10(6-4-9)11-7-14-8-12(11)13-2/h3-6,11-12H,7-8H2,1-2H3/q-1/t11-,12-/m1/s1. The van der Waals surface area contributed by atoms with Crippen molar-refractivity contribution in [3.8, 4) is 0 Å². The van der Waals surface area contributed by atoms with E-state index in [1.807, 2.05) is 7.05 Å². The number of rotatable bonds is 2. The fraction of sp³-hybridized carbons (Fsp3) is 0.500. The van der Waals surface area contributed by atoms with Crippen molar-refractivity contribution in [2.45, 2.75) is 18.9 Å². The summed E-state index contributed by atoms with van der Waals surface area (Å²) in [5.41, 5.74) is 2.65. The highest BCUT2D eigenvalue weighted by molar-refractivity contribution is 5.28. The maximum absolute atomic E-state index is 5.45. The molecule has 0 saturated carbocycles. The van der Waals surface area contributed by atoms with Crippen LogP contribution in [0, 0.1) is 6.92 Å². The Balaban J connectivity index is 2.17. The van der Waals surface area contributed by atoms with Crippen molar-refractivity contribution in [1.29, 1.82) is 0 Å². The van der Waals surface area contributed by atoms with Gasteiger partial charge in [0.25, 0.3) is 0 Å². The lowest BCUT2D eigenvalue weighted by molar-refractivity contribution is 0.192. The van der Waals surface area contributed by atoms with Crippen molar-refractivity contribution in [2.24, 2.45) is 0 Å². The summed E-state index contributed by atoms with van der Waals surface area (Å²) in [6.07, 6.45) is 0. The summed E-state index contributed by atoms with van der Waals surface area (Å²) in [5.74, 6) is 0.459. The van der Waals surface area contributed by atoms with E-state index in [-0.39, 0.29) is 0 Å². The largest absolute Gasteiger partial charge is 0.660 e. The van der Waals surface area contributed by atoms with Crippen molar-refractivity contribution < 1.29 is 4.74 Å². The van der Waals surface area contributed by atoms with E-state index in [9.17, 15) is 0 Å². The monoisotopic (exact) mass is 190 g/mol. The Morgan fingerprint density at radius 1 is 1.21 bits per heavy atom. The average Bonchev–Trinajstić information content (AvgIpc) is 2.67. The molecule has 14 heavy (non-hydrogen) atoms. The number of nitrogens with zero attached hydrogens (tertiary/aromatic N) is 1. The zero-order valence-electron chi connectivity index (χ0n) is 8.73. The fourth-order valence-corrected chi connectivity index (χ4v) is 1.93. The molecule has 2 heteroatoms. The number of ether oxygens (including phenoxy) is 1. The van der Waals surface area contributed by atoms with Gasteiger partial charge in [-0.2, -0.15) is 7.05 Å². The molecule has 2 atom stereocenters. The van der Waals surface area contributed by atoms with Crippen LogP contribution in [-0.4, -0.2) is 26.3 Å². The SMILES string of the molecule is C[N-][C@@H]1COC[C@@H]1c1ccc(C)cc1. The molecular weight excluding hydrogens is 174 g/mol. The first-order valence-electron chi connectivity index (χ1n) is 5.04. The molecule has 0 aliphatic carbocycles. The van der Waals surface area contributed by atoms with Gasteiger partial charge in [-0.1, -0.05) is 29.8 Å². The Kier molecular flexibility index (Phi) is 2.85. The number of hydrogen-bond acceptors (Lipinski definition) is 1. The first-order valence-corrected chi connectivity index (χ1v) is 5.04. The van der Waals surface area contributed by atoms with E-state index in [0.29, 0.717) is 12.0 Å². The number of benzene rings is 1. The summed E-state index contributed by atoms with van der Waals surface area (Å²) in [5, 5.41) is 4.34. The zero-order valence-corrected chi connectivity index (χ0v) is 8.73. The van der Waals surface area contributed by atoms with Gasteiger partial charge in [-0.3, -0.25) is 0 Å². The van der Waals surface area contributed by atoms with Crippen molar-refractivity contribution in [3.05, 3.63) is 40.7 Å². The van der Waals surface area contributed by atoms with Gasteiger partial charge in [-0.25, -0.2) is 0 Å². The van der Waals surface area contributed by atoms with Gasteiger partial charge in [-0.05, 0) is 18.4 Å². The molecule has 1 aliphatic rings. The van der Waals surface area contributed by atoms with Crippen molar-refractivity contribution in [2.75, 3.05) is 20.3 Å². The number of hydrogen-bond donors (Lipinski definition) is 0. The molecule has 1 saturated heterocycles. The number of aryl methyl sites for hydroxylation is 1. The highest BCUT2D eigenvalue weighted by Gasteiger charge is 2.21. The molecule has 0 radical (unpaired) electrons. The second-order valence-electron chi connectivity index (χ2n) is 3.88. The lowest BCUT2D eigenvalue weighted by Crippen LogP contribution is -2.14. The molecule has 0 unspecified atom stereocenters. The van der Waals surface area contributed by atoms with E-state index >= 15 is 0 Å². The van der Waals surface area contributed by atoms with Crippen LogP contribution in [-0.2, 0) is 4.74 Å². The predicted molar refractivity (Wildman–Crippen MR) is 57.8 cm³/mol. The van der Waals surface area contributed by atoms with E-state index < -0.39 is 0 Å². The van der Waals surface area contributed by atoms with E-state index in [4.69, 9.17) is 4.74 Å². The predicted octanol–water partition coefficient (Wildman–Crippen LogP) is 2.48. The summed E-state index contributed by atoms with van der Waals surface area (Å²) < 4.78 is 5.45. The first-order chi connectivity index (χ1) is 6.81. The van der Waals surface area contributed by atoms with Crippen LogP contribution in [0.5, 0.6) is 0 Å². The van der Waals surface area contributed by atoms with E-state index in [0.717, 1.165) is 13.2 Å². The molecule has 1 aromatic carbocycles. The van der Waals surface area contributed by atoms with Gasteiger partial charge in [0.1, 0.15) is 0 Å². The molecule has 76 valence electrons. The molecule has 1 aromatic rings. The molecule has 2 nitrogen and oxygen atoms in total. The third-order valence-electron chi connectivity index (χ3n) is 2.89. The van der Waals surface area contributed by atoms with Crippen molar-refractivity contribution in [1.82, 2.24) is 0 Å². The third-order valence-corrected chi connectivity index (χ3v) is 2.89. The molecule has 0 aromatic heterocycles. The molecule has 0 spiro atoms. The Morgan fingerprint density at radius 2 is 1.93 bits per heavy atom. The summed E-state index contributed by atoms with van der Waals surface area (Å²) in [7, 11) is 1.88. The Morgan fingerprint density at radius 3 is 2.57 bits per heavy atom. The Bertz CT molecular complexity index is 294. The van der Waals surface area contributed by atoms with Crippen LogP contribution in [0.25, 0.3) is 5.32 Å². The summed E-state index contributed by atoms with van der Waals surface area (Å²) in [4.78, 5) is 0. The van der Waals surface area contributed by atoms with Crippen molar-refractivity contribution >= 4 is 0 Å². The molecule has 0 N–H and O–H groups in total. The van der Waals surface area contributed by atoms with Gasteiger partial charge in [-0.15, -0.1) is 6.04 Å². The summed E-state index contributed by atoms with van der Waals surface area (Å²) in [6, 6.07) is 9.03. The quantitative estimate of drug-likeness (QED) is 0.702. The van der Waals surface area contributed by atoms with Crippen LogP contribution in [0.15, 0.2) is 24.3 Å². The van der Waals surface area contributed by atoms with Crippen LogP contribution >= 0.6 is 0 Å². The summed E-state index contributed by atoms with van der Waals surface area (Å²) >= 11 is 0. The van der Waals surface area contributed by atoms with Crippen LogP contribution in [0.1, 0.15) is 17.0 Å². The van der Waals surface area contributed by atoms with Crippen LogP contribution in [0.4, 0.5) is 0 Å². The van der Waals surface area contributed by atoms with Crippen molar-refractivity contribution in [3.63, 3.8) is 0 Å².